The number of carbonyl (C=O) groups is 2. The number of para-hydroxylation sites is 1. The van der Waals surface area contributed by atoms with Crippen molar-refractivity contribution in [2.45, 2.75) is 19.9 Å². The summed E-state index contributed by atoms with van der Waals surface area (Å²) >= 11 is 0. The molecular formula is C23H30N6O3. The number of hydrogen-bond acceptors (Lipinski definition) is 5. The zero-order chi connectivity index (χ0) is 22.7. The number of H-pyrrole nitrogens is 1. The molecule has 32 heavy (non-hydrogen) atoms. The molecular weight excluding hydrogens is 408 g/mol. The molecule has 1 N–H and O–H groups in total. The highest BCUT2D eigenvalue weighted by atomic mass is 16.5. The second-order valence-electron chi connectivity index (χ2n) is 8.16. The van der Waals surface area contributed by atoms with E-state index in [9.17, 15) is 9.59 Å². The number of aromatic nitrogens is 3. The van der Waals surface area contributed by atoms with Crippen LogP contribution in [0.1, 0.15) is 17.2 Å². The Labute approximate surface area is 187 Å². The van der Waals surface area contributed by atoms with Crippen molar-refractivity contribution in [3.05, 3.63) is 47.5 Å². The maximum atomic E-state index is 13.1. The van der Waals surface area contributed by atoms with E-state index in [0.717, 1.165) is 72.3 Å². The number of aromatic amines is 1. The van der Waals surface area contributed by atoms with Crippen molar-refractivity contribution < 1.29 is 14.3 Å². The van der Waals surface area contributed by atoms with Crippen LogP contribution in [0.3, 0.4) is 0 Å². The summed E-state index contributed by atoms with van der Waals surface area (Å²) in [5.41, 5.74) is 2.65. The van der Waals surface area contributed by atoms with Crippen molar-refractivity contribution in [3.63, 3.8) is 0 Å². The maximum absolute atomic E-state index is 13.1. The molecule has 0 aliphatic carbocycles. The molecule has 1 aromatic carbocycles. The third kappa shape index (κ3) is 4.53. The van der Waals surface area contributed by atoms with E-state index in [-0.39, 0.29) is 6.54 Å². The molecule has 0 saturated carbocycles. The molecule has 3 aromatic rings. The van der Waals surface area contributed by atoms with Crippen LogP contribution >= 0.6 is 0 Å². The van der Waals surface area contributed by atoms with E-state index < -0.39 is 6.03 Å². The number of nitrogens with zero attached hydrogens (tertiary/aromatic N) is 5. The fourth-order valence-corrected chi connectivity index (χ4v) is 4.08. The van der Waals surface area contributed by atoms with Crippen molar-refractivity contribution in [2.75, 3.05) is 44.8 Å². The highest BCUT2D eigenvalue weighted by Crippen LogP contribution is 2.21. The number of ether oxygens (including phenoxy) is 1. The Morgan fingerprint density at radius 1 is 1.28 bits per heavy atom. The number of hydrogen-bond donors (Lipinski definition) is 1. The molecule has 0 unspecified atom stereocenters. The van der Waals surface area contributed by atoms with Gasteiger partial charge in [-0.1, -0.05) is 18.2 Å². The number of anilines is 1. The van der Waals surface area contributed by atoms with Crippen LogP contribution in [-0.2, 0) is 29.5 Å². The molecule has 0 spiro atoms. The Hall–Kier alpha value is -3.17. The predicted molar refractivity (Wildman–Crippen MR) is 123 cm³/mol. The van der Waals surface area contributed by atoms with Gasteiger partial charge < -0.3 is 14.3 Å². The molecule has 4 rings (SSSR count). The minimum Gasteiger partial charge on any atom is -0.379 e. The van der Waals surface area contributed by atoms with E-state index in [2.05, 4.69) is 9.88 Å². The lowest BCUT2D eigenvalue weighted by atomic mass is 10.2. The van der Waals surface area contributed by atoms with E-state index in [4.69, 9.17) is 9.72 Å². The molecule has 3 heterocycles. The van der Waals surface area contributed by atoms with Gasteiger partial charge >= 0.3 is 6.03 Å². The van der Waals surface area contributed by atoms with Crippen molar-refractivity contribution in [1.82, 2.24) is 24.3 Å². The lowest BCUT2D eigenvalue weighted by Gasteiger charge is -2.26. The second-order valence-corrected chi connectivity index (χ2v) is 8.16. The van der Waals surface area contributed by atoms with Gasteiger partial charge in [0.25, 0.3) is 0 Å². The van der Waals surface area contributed by atoms with Crippen LogP contribution < -0.4 is 4.90 Å². The van der Waals surface area contributed by atoms with Crippen LogP contribution in [0.4, 0.5) is 10.6 Å². The summed E-state index contributed by atoms with van der Waals surface area (Å²) < 4.78 is 7.42. The summed E-state index contributed by atoms with van der Waals surface area (Å²) in [7, 11) is 3.62. The smallest absolute Gasteiger partial charge is 0.332 e. The topological polar surface area (TPSA) is 86.7 Å². The SMILES string of the molecule is Cc1c(N(C)C(=O)N(C=O)Cc2cc3ccccc3[nH]2)nc(CCN2CCOCC2)n1C. The molecule has 2 aromatic heterocycles. The first-order valence-corrected chi connectivity index (χ1v) is 10.9. The Kier molecular flexibility index (Phi) is 6.57. The average Bonchev–Trinajstić information content (AvgIpc) is 3.36. The van der Waals surface area contributed by atoms with Crippen molar-refractivity contribution in [1.29, 1.82) is 0 Å². The molecule has 0 bridgehead atoms. The summed E-state index contributed by atoms with van der Waals surface area (Å²) in [4.78, 5) is 37.8. The number of amides is 3. The highest BCUT2D eigenvalue weighted by molar-refractivity contribution is 5.96. The van der Waals surface area contributed by atoms with E-state index in [1.165, 1.54) is 4.90 Å². The zero-order valence-corrected chi connectivity index (χ0v) is 18.9. The standard InChI is InChI=1S/C23H30N6O3/c1-17-22(25-21(26(17)2)8-9-28-10-12-32-13-11-28)27(3)23(31)29(16-30)15-19-14-18-6-4-5-7-20(18)24-19/h4-7,14,16,24H,8-13,15H2,1-3H3. The Balaban J connectivity index is 1.46. The van der Waals surface area contributed by atoms with Crippen molar-refractivity contribution >= 4 is 29.2 Å². The quantitative estimate of drug-likeness (QED) is 0.572. The molecule has 0 radical (unpaired) electrons. The summed E-state index contributed by atoms with van der Waals surface area (Å²) in [6, 6.07) is 9.39. The van der Waals surface area contributed by atoms with Crippen molar-refractivity contribution in [2.24, 2.45) is 7.05 Å². The van der Waals surface area contributed by atoms with E-state index in [1.54, 1.807) is 7.05 Å². The first kappa shape index (κ1) is 22.0. The van der Waals surface area contributed by atoms with E-state index >= 15 is 0 Å². The van der Waals surface area contributed by atoms with Gasteiger partial charge in [0.1, 0.15) is 5.82 Å². The van der Waals surface area contributed by atoms with Gasteiger partial charge in [0.05, 0.1) is 25.5 Å². The molecule has 1 aliphatic heterocycles. The van der Waals surface area contributed by atoms with Crippen LogP contribution in [0.5, 0.6) is 0 Å². The fraction of sp³-hybridized carbons (Fsp3) is 0.435. The monoisotopic (exact) mass is 438 g/mol. The van der Waals surface area contributed by atoms with Crippen LogP contribution in [0, 0.1) is 6.92 Å². The number of urea groups is 1. The van der Waals surface area contributed by atoms with Gasteiger partial charge in [-0.05, 0) is 24.4 Å². The van der Waals surface area contributed by atoms with Crippen LogP contribution in [0.2, 0.25) is 0 Å². The van der Waals surface area contributed by atoms with Gasteiger partial charge in [-0.15, -0.1) is 0 Å². The lowest BCUT2D eigenvalue weighted by Crippen LogP contribution is -2.40. The number of benzene rings is 1. The number of imide groups is 1. The average molecular weight is 439 g/mol. The second kappa shape index (κ2) is 9.54. The van der Waals surface area contributed by atoms with E-state index in [1.807, 2.05) is 48.9 Å². The van der Waals surface area contributed by atoms with Gasteiger partial charge in [0, 0.05) is 51.4 Å². The molecule has 9 heteroatoms. The number of nitrogens with one attached hydrogen (secondary N) is 1. The third-order valence-corrected chi connectivity index (χ3v) is 6.11. The fourth-order valence-electron chi connectivity index (χ4n) is 4.08. The van der Waals surface area contributed by atoms with Gasteiger partial charge in [-0.25, -0.2) is 9.78 Å². The normalized spacial score (nSPS) is 14.6. The molecule has 3 amide bonds. The van der Waals surface area contributed by atoms with Gasteiger partial charge in [-0.2, -0.15) is 0 Å². The summed E-state index contributed by atoms with van der Waals surface area (Å²) in [5, 5.41) is 1.04. The Morgan fingerprint density at radius 2 is 2.03 bits per heavy atom. The molecule has 0 atom stereocenters. The number of carbonyl (C=O) groups excluding carboxylic acids is 2. The molecule has 9 nitrogen and oxygen atoms in total. The number of fused-ring (bicyclic) bond motifs is 1. The minimum atomic E-state index is -0.417. The number of morpholine rings is 1. The Morgan fingerprint density at radius 3 is 2.75 bits per heavy atom. The van der Waals surface area contributed by atoms with Gasteiger partial charge in [-0.3, -0.25) is 19.5 Å². The summed E-state index contributed by atoms with van der Waals surface area (Å²) in [6.45, 7) is 6.38. The first-order chi connectivity index (χ1) is 15.5. The Bertz CT molecular complexity index is 1070. The van der Waals surface area contributed by atoms with Crippen LogP contribution in [-0.4, -0.2) is 76.7 Å². The molecule has 1 aliphatic rings. The lowest BCUT2D eigenvalue weighted by molar-refractivity contribution is -0.116. The predicted octanol–water partition coefficient (Wildman–Crippen LogP) is 2.30. The number of imidazole rings is 1. The van der Waals surface area contributed by atoms with Gasteiger partial charge in [0.2, 0.25) is 6.41 Å². The molecule has 1 saturated heterocycles. The maximum Gasteiger partial charge on any atom is 0.332 e. The summed E-state index contributed by atoms with van der Waals surface area (Å²) in [6.07, 6.45) is 1.35. The zero-order valence-electron chi connectivity index (χ0n) is 18.9. The third-order valence-electron chi connectivity index (χ3n) is 6.11. The van der Waals surface area contributed by atoms with E-state index in [0.29, 0.717) is 12.2 Å². The van der Waals surface area contributed by atoms with Gasteiger partial charge in [0.15, 0.2) is 5.82 Å². The number of rotatable bonds is 7. The van der Waals surface area contributed by atoms with Crippen LogP contribution in [0.15, 0.2) is 30.3 Å². The highest BCUT2D eigenvalue weighted by Gasteiger charge is 2.25. The van der Waals surface area contributed by atoms with Crippen LogP contribution in [0.25, 0.3) is 10.9 Å². The minimum absolute atomic E-state index is 0.164. The molecule has 1 fully saturated rings. The molecule has 170 valence electrons. The first-order valence-electron chi connectivity index (χ1n) is 10.9. The van der Waals surface area contributed by atoms with Crippen molar-refractivity contribution in [3.8, 4) is 0 Å². The summed E-state index contributed by atoms with van der Waals surface area (Å²) in [5.74, 6) is 1.48. The largest absolute Gasteiger partial charge is 0.379 e.